The Balaban J connectivity index is 0.00000200. The summed E-state index contributed by atoms with van der Waals surface area (Å²) in [6, 6.07) is 11.4. The molecule has 0 aliphatic rings. The molecule has 0 aliphatic heterocycles. The van der Waals surface area contributed by atoms with Gasteiger partial charge in [-0.15, -0.1) is 0 Å². The number of benzene rings is 2. The topological polar surface area (TPSA) is 136 Å². The van der Waals surface area contributed by atoms with Crippen LogP contribution in [0.15, 0.2) is 42.5 Å². The van der Waals surface area contributed by atoms with Crippen LogP contribution < -0.4 is 22.9 Å². The number of carbonyl (C=O) groups is 1. The van der Waals surface area contributed by atoms with E-state index in [-0.39, 0.29) is 24.2 Å². The molecule has 0 bridgehead atoms. The number of nitrogen functional groups attached to an aromatic ring is 2. The third kappa shape index (κ3) is 3.89. The predicted octanol–water partition coefficient (Wildman–Crippen LogP) is 1.90. The summed E-state index contributed by atoms with van der Waals surface area (Å²) in [5.41, 5.74) is 13.7. The summed E-state index contributed by atoms with van der Waals surface area (Å²) in [5.74, 6) is -0.105. The second kappa shape index (κ2) is 6.44. The smallest absolute Gasteiger partial charge is 0.228 e. The lowest BCUT2D eigenvalue weighted by Crippen LogP contribution is -2.15. The van der Waals surface area contributed by atoms with Crippen LogP contribution >= 0.6 is 0 Å². The number of phenolic OH excluding ortho intramolecular Hbond substituents is 1. The Kier molecular flexibility index (Phi) is 4.94. The molecule has 106 valence electrons. The van der Waals surface area contributed by atoms with Gasteiger partial charge in [0.2, 0.25) is 5.91 Å². The van der Waals surface area contributed by atoms with Crippen LogP contribution in [0, 0.1) is 0 Å². The monoisotopic (exact) mass is 274 g/mol. The van der Waals surface area contributed by atoms with Crippen LogP contribution in [0.4, 0.5) is 17.1 Å². The molecule has 9 N–H and O–H groups in total. The van der Waals surface area contributed by atoms with Gasteiger partial charge in [-0.25, -0.2) is 0 Å². The number of anilines is 3. The fourth-order valence-corrected chi connectivity index (χ4v) is 1.74. The molecule has 2 aromatic rings. The van der Waals surface area contributed by atoms with E-state index in [0.29, 0.717) is 22.6 Å². The maximum atomic E-state index is 11.9. The summed E-state index contributed by atoms with van der Waals surface area (Å²) < 4.78 is 0. The molecule has 0 saturated heterocycles. The molecule has 0 radical (unpaired) electrons. The van der Waals surface area contributed by atoms with E-state index in [1.807, 2.05) is 0 Å². The van der Waals surface area contributed by atoms with E-state index < -0.39 is 0 Å². The molecule has 0 atom stereocenters. The molecular formula is C14H18N4O2. The third-order valence-corrected chi connectivity index (χ3v) is 2.65. The standard InChI is InChI=1S/C14H15N3O2.H3N/c15-10-5-4-9(13(16)7-10)6-14(19)17-11-2-1-3-12(18)8-11;/h1-5,7-8,18H,6,15-16H2,(H,17,19);1H3. The molecule has 6 heteroatoms. The van der Waals surface area contributed by atoms with Gasteiger partial charge in [-0.1, -0.05) is 12.1 Å². The van der Waals surface area contributed by atoms with Crippen LogP contribution in [0.25, 0.3) is 0 Å². The highest BCUT2D eigenvalue weighted by Crippen LogP contribution is 2.18. The normalized spacial score (nSPS) is 9.60. The van der Waals surface area contributed by atoms with Gasteiger partial charge in [0.15, 0.2) is 0 Å². The number of hydrogen-bond acceptors (Lipinski definition) is 5. The van der Waals surface area contributed by atoms with Gasteiger partial charge in [0.1, 0.15) is 5.75 Å². The number of carbonyl (C=O) groups excluding carboxylic acids is 1. The zero-order valence-electron chi connectivity index (χ0n) is 11.0. The number of amides is 1. The number of rotatable bonds is 3. The second-order valence-electron chi connectivity index (χ2n) is 4.23. The van der Waals surface area contributed by atoms with Crippen molar-refractivity contribution < 1.29 is 9.90 Å². The highest BCUT2D eigenvalue weighted by atomic mass is 16.3. The Hall–Kier alpha value is -2.73. The van der Waals surface area contributed by atoms with E-state index in [2.05, 4.69) is 5.32 Å². The van der Waals surface area contributed by atoms with Crippen molar-refractivity contribution in [2.75, 3.05) is 16.8 Å². The van der Waals surface area contributed by atoms with Crippen molar-refractivity contribution in [3.05, 3.63) is 48.0 Å². The van der Waals surface area contributed by atoms with E-state index in [1.165, 1.54) is 12.1 Å². The van der Waals surface area contributed by atoms with E-state index >= 15 is 0 Å². The van der Waals surface area contributed by atoms with Crippen molar-refractivity contribution in [1.82, 2.24) is 6.15 Å². The van der Waals surface area contributed by atoms with Gasteiger partial charge in [-0.2, -0.15) is 0 Å². The third-order valence-electron chi connectivity index (χ3n) is 2.65. The maximum absolute atomic E-state index is 11.9. The van der Waals surface area contributed by atoms with Crippen molar-refractivity contribution in [3.63, 3.8) is 0 Å². The number of nitrogens with one attached hydrogen (secondary N) is 1. The predicted molar refractivity (Wildman–Crippen MR) is 80.7 cm³/mol. The first-order valence-electron chi connectivity index (χ1n) is 5.77. The van der Waals surface area contributed by atoms with Crippen molar-refractivity contribution >= 4 is 23.0 Å². The van der Waals surface area contributed by atoms with Crippen LogP contribution in [0.3, 0.4) is 0 Å². The summed E-state index contributed by atoms with van der Waals surface area (Å²) in [4.78, 5) is 11.9. The minimum absolute atomic E-state index is 0. The molecule has 6 nitrogen and oxygen atoms in total. The molecule has 20 heavy (non-hydrogen) atoms. The quantitative estimate of drug-likeness (QED) is 0.544. The lowest BCUT2D eigenvalue weighted by Gasteiger charge is -2.08. The van der Waals surface area contributed by atoms with Gasteiger partial charge in [0.05, 0.1) is 6.42 Å². The molecule has 0 heterocycles. The van der Waals surface area contributed by atoms with Crippen molar-refractivity contribution in [2.24, 2.45) is 0 Å². The van der Waals surface area contributed by atoms with Gasteiger partial charge in [-0.05, 0) is 29.8 Å². The van der Waals surface area contributed by atoms with Crippen LogP contribution in [0.5, 0.6) is 5.75 Å². The molecule has 2 aromatic carbocycles. The van der Waals surface area contributed by atoms with E-state index in [0.717, 1.165) is 0 Å². The summed E-state index contributed by atoms with van der Waals surface area (Å²) in [5, 5.41) is 12.0. The molecule has 0 aliphatic carbocycles. The fourth-order valence-electron chi connectivity index (χ4n) is 1.74. The molecule has 0 fully saturated rings. The maximum Gasteiger partial charge on any atom is 0.228 e. The Labute approximate surface area is 117 Å². The number of nitrogens with two attached hydrogens (primary N) is 2. The van der Waals surface area contributed by atoms with Gasteiger partial charge in [-0.3, -0.25) is 4.79 Å². The number of aromatic hydroxyl groups is 1. The van der Waals surface area contributed by atoms with Crippen molar-refractivity contribution in [2.45, 2.75) is 6.42 Å². The minimum Gasteiger partial charge on any atom is -0.508 e. The van der Waals surface area contributed by atoms with Gasteiger partial charge in [0, 0.05) is 23.1 Å². The molecule has 0 unspecified atom stereocenters. The highest BCUT2D eigenvalue weighted by molar-refractivity contribution is 5.93. The lowest BCUT2D eigenvalue weighted by molar-refractivity contribution is -0.115. The Morgan fingerprint density at radius 1 is 1.15 bits per heavy atom. The van der Waals surface area contributed by atoms with Crippen LogP contribution in [0.2, 0.25) is 0 Å². The largest absolute Gasteiger partial charge is 0.508 e. The Morgan fingerprint density at radius 3 is 2.55 bits per heavy atom. The van der Waals surface area contributed by atoms with E-state index in [9.17, 15) is 9.90 Å². The number of hydrogen-bond donors (Lipinski definition) is 5. The molecule has 0 spiro atoms. The minimum atomic E-state index is -0.206. The first-order chi connectivity index (χ1) is 9.04. The average molecular weight is 274 g/mol. The average Bonchev–Trinajstić information content (AvgIpc) is 2.33. The Morgan fingerprint density at radius 2 is 1.90 bits per heavy atom. The first kappa shape index (κ1) is 15.3. The Bertz CT molecular complexity index is 614. The van der Waals surface area contributed by atoms with Crippen LogP contribution in [0.1, 0.15) is 5.56 Å². The molecule has 0 aromatic heterocycles. The summed E-state index contributed by atoms with van der Waals surface area (Å²) >= 11 is 0. The van der Waals surface area contributed by atoms with Gasteiger partial charge in [0.25, 0.3) is 0 Å². The zero-order valence-corrected chi connectivity index (χ0v) is 11.0. The molecule has 2 rings (SSSR count). The summed E-state index contributed by atoms with van der Waals surface area (Å²) in [6.45, 7) is 0. The summed E-state index contributed by atoms with van der Waals surface area (Å²) in [7, 11) is 0. The second-order valence-corrected chi connectivity index (χ2v) is 4.23. The fraction of sp³-hybridized carbons (Fsp3) is 0.0714. The SMILES string of the molecule is N.Nc1ccc(CC(=O)Nc2cccc(O)c2)c(N)c1. The van der Waals surface area contributed by atoms with Crippen molar-refractivity contribution in [3.8, 4) is 5.75 Å². The molecular weight excluding hydrogens is 256 g/mol. The van der Waals surface area contributed by atoms with Gasteiger partial charge >= 0.3 is 0 Å². The van der Waals surface area contributed by atoms with Crippen LogP contribution in [-0.2, 0) is 11.2 Å². The lowest BCUT2D eigenvalue weighted by atomic mass is 10.1. The number of phenols is 1. The summed E-state index contributed by atoms with van der Waals surface area (Å²) in [6.07, 6.45) is 0.155. The van der Waals surface area contributed by atoms with Crippen molar-refractivity contribution in [1.29, 1.82) is 0 Å². The van der Waals surface area contributed by atoms with E-state index in [1.54, 1.807) is 30.3 Å². The molecule has 0 saturated carbocycles. The zero-order chi connectivity index (χ0) is 13.8. The van der Waals surface area contributed by atoms with Crippen LogP contribution in [-0.4, -0.2) is 11.0 Å². The van der Waals surface area contributed by atoms with E-state index in [4.69, 9.17) is 11.5 Å². The first-order valence-corrected chi connectivity index (χ1v) is 5.77. The van der Waals surface area contributed by atoms with Gasteiger partial charge < -0.3 is 28.0 Å². The highest BCUT2D eigenvalue weighted by Gasteiger charge is 2.07. The molecule has 1 amide bonds.